The molecule has 1 heteroatoms. The molecule has 0 saturated heterocycles. The van der Waals surface area contributed by atoms with Crippen molar-refractivity contribution >= 4 is 0 Å². The van der Waals surface area contributed by atoms with Crippen LogP contribution >= 0.6 is 0 Å². The molecule has 1 nitrogen and oxygen atoms in total. The number of aliphatic hydroxyl groups is 1. The average molecular weight is 126 g/mol. The number of rotatable bonds is 4. The van der Waals surface area contributed by atoms with Crippen LogP contribution in [-0.2, 0) is 0 Å². The number of aliphatic hydroxyl groups excluding tert-OH is 1. The highest BCUT2D eigenvalue weighted by molar-refractivity contribution is 4.97. The van der Waals surface area contributed by atoms with Crippen molar-refractivity contribution in [3.63, 3.8) is 0 Å². The number of hydrogen-bond acceptors (Lipinski definition) is 1. The standard InChI is InChI=1S/C8H14O/c1-3-5-6-7-8(9)4-2/h3,5-6,8-9H,1,4,7H2,2H3/b6-5-. The predicted octanol–water partition coefficient (Wildman–Crippen LogP) is 1.89. The van der Waals surface area contributed by atoms with Gasteiger partial charge in [0.05, 0.1) is 6.10 Å². The lowest BCUT2D eigenvalue weighted by atomic mass is 10.2. The van der Waals surface area contributed by atoms with Gasteiger partial charge in [0.25, 0.3) is 0 Å². The zero-order valence-electron chi connectivity index (χ0n) is 5.88. The van der Waals surface area contributed by atoms with Crippen molar-refractivity contribution in [1.29, 1.82) is 0 Å². The molecule has 1 unspecified atom stereocenters. The Labute approximate surface area is 56.7 Å². The van der Waals surface area contributed by atoms with Crippen LogP contribution in [0.15, 0.2) is 24.8 Å². The molecule has 0 radical (unpaired) electrons. The van der Waals surface area contributed by atoms with Crippen LogP contribution < -0.4 is 0 Å². The maximum Gasteiger partial charge on any atom is 0.0572 e. The second-order valence-electron chi connectivity index (χ2n) is 1.96. The SMILES string of the molecule is C=C/C=C\CC(O)CC. The van der Waals surface area contributed by atoms with Crippen LogP contribution in [-0.4, -0.2) is 11.2 Å². The minimum atomic E-state index is -0.179. The van der Waals surface area contributed by atoms with Crippen molar-refractivity contribution in [3.8, 4) is 0 Å². The van der Waals surface area contributed by atoms with E-state index in [1.54, 1.807) is 6.08 Å². The second-order valence-corrected chi connectivity index (χ2v) is 1.96. The first-order chi connectivity index (χ1) is 4.31. The van der Waals surface area contributed by atoms with Gasteiger partial charge in [0.1, 0.15) is 0 Å². The van der Waals surface area contributed by atoms with Crippen molar-refractivity contribution in [2.24, 2.45) is 0 Å². The molecule has 0 aliphatic rings. The molecule has 0 bridgehead atoms. The molecule has 9 heavy (non-hydrogen) atoms. The third-order valence-corrected chi connectivity index (χ3v) is 1.15. The highest BCUT2D eigenvalue weighted by atomic mass is 16.3. The van der Waals surface area contributed by atoms with Crippen LogP contribution in [0.25, 0.3) is 0 Å². The van der Waals surface area contributed by atoms with Gasteiger partial charge in [-0.1, -0.05) is 31.7 Å². The van der Waals surface area contributed by atoms with Crippen molar-refractivity contribution in [3.05, 3.63) is 24.8 Å². The largest absolute Gasteiger partial charge is 0.393 e. The van der Waals surface area contributed by atoms with Crippen LogP contribution in [0.1, 0.15) is 19.8 Å². The number of allylic oxidation sites excluding steroid dienone is 2. The minimum Gasteiger partial charge on any atom is -0.393 e. The van der Waals surface area contributed by atoms with E-state index in [1.807, 2.05) is 19.1 Å². The predicted molar refractivity (Wildman–Crippen MR) is 40.3 cm³/mol. The molecule has 0 aliphatic heterocycles. The third kappa shape index (κ3) is 5.31. The van der Waals surface area contributed by atoms with E-state index >= 15 is 0 Å². The molecule has 0 saturated carbocycles. The van der Waals surface area contributed by atoms with Crippen LogP contribution in [0.5, 0.6) is 0 Å². The molecule has 0 spiro atoms. The van der Waals surface area contributed by atoms with E-state index in [9.17, 15) is 0 Å². The van der Waals surface area contributed by atoms with Crippen LogP contribution in [0.3, 0.4) is 0 Å². The Morgan fingerprint density at radius 1 is 1.67 bits per heavy atom. The molecular formula is C8H14O. The Hall–Kier alpha value is -0.560. The monoisotopic (exact) mass is 126 g/mol. The van der Waals surface area contributed by atoms with Crippen molar-refractivity contribution in [2.75, 3.05) is 0 Å². The lowest BCUT2D eigenvalue weighted by molar-refractivity contribution is 0.174. The fourth-order valence-electron chi connectivity index (χ4n) is 0.499. The molecule has 0 aromatic carbocycles. The first-order valence-electron chi connectivity index (χ1n) is 3.26. The van der Waals surface area contributed by atoms with E-state index in [1.165, 1.54) is 0 Å². The highest BCUT2D eigenvalue weighted by Crippen LogP contribution is 1.96. The Bertz CT molecular complexity index is 94.7. The molecule has 0 aromatic rings. The molecule has 1 N–H and O–H groups in total. The van der Waals surface area contributed by atoms with Gasteiger partial charge in [-0.3, -0.25) is 0 Å². The minimum absolute atomic E-state index is 0.179. The fourth-order valence-corrected chi connectivity index (χ4v) is 0.499. The molecule has 0 rings (SSSR count). The fraction of sp³-hybridized carbons (Fsp3) is 0.500. The molecular weight excluding hydrogens is 112 g/mol. The first kappa shape index (κ1) is 8.44. The maximum absolute atomic E-state index is 9.00. The van der Waals surface area contributed by atoms with E-state index in [0.717, 1.165) is 12.8 Å². The molecule has 1 atom stereocenters. The van der Waals surface area contributed by atoms with E-state index in [-0.39, 0.29) is 6.10 Å². The summed E-state index contributed by atoms with van der Waals surface area (Å²) in [7, 11) is 0. The van der Waals surface area contributed by atoms with E-state index in [0.29, 0.717) is 0 Å². The second kappa shape index (κ2) is 5.57. The van der Waals surface area contributed by atoms with Gasteiger partial charge < -0.3 is 5.11 Å². The lowest BCUT2D eigenvalue weighted by Crippen LogP contribution is -2.00. The molecule has 0 heterocycles. The zero-order valence-corrected chi connectivity index (χ0v) is 5.88. The van der Waals surface area contributed by atoms with Gasteiger partial charge in [-0.15, -0.1) is 0 Å². The van der Waals surface area contributed by atoms with Crippen molar-refractivity contribution < 1.29 is 5.11 Å². The Balaban J connectivity index is 3.25. The van der Waals surface area contributed by atoms with Crippen molar-refractivity contribution in [1.82, 2.24) is 0 Å². The summed E-state index contributed by atoms with van der Waals surface area (Å²) in [5.41, 5.74) is 0. The van der Waals surface area contributed by atoms with E-state index < -0.39 is 0 Å². The lowest BCUT2D eigenvalue weighted by Gasteiger charge is -2.00. The van der Waals surface area contributed by atoms with Gasteiger partial charge in [-0.05, 0) is 12.8 Å². The maximum atomic E-state index is 9.00. The molecule has 52 valence electrons. The Morgan fingerprint density at radius 3 is 2.78 bits per heavy atom. The van der Waals surface area contributed by atoms with Gasteiger partial charge in [-0.2, -0.15) is 0 Å². The van der Waals surface area contributed by atoms with Gasteiger partial charge in [0.2, 0.25) is 0 Å². The van der Waals surface area contributed by atoms with E-state index in [2.05, 4.69) is 6.58 Å². The summed E-state index contributed by atoms with van der Waals surface area (Å²) >= 11 is 0. The topological polar surface area (TPSA) is 20.2 Å². The normalized spacial score (nSPS) is 14.0. The zero-order chi connectivity index (χ0) is 7.11. The van der Waals surface area contributed by atoms with Gasteiger partial charge in [0, 0.05) is 0 Å². The summed E-state index contributed by atoms with van der Waals surface area (Å²) in [5, 5.41) is 9.00. The van der Waals surface area contributed by atoms with Crippen LogP contribution in [0.2, 0.25) is 0 Å². The van der Waals surface area contributed by atoms with Gasteiger partial charge in [0.15, 0.2) is 0 Å². The average Bonchev–Trinajstić information content (AvgIpc) is 1.89. The molecule has 0 amide bonds. The molecule has 0 aliphatic carbocycles. The summed E-state index contributed by atoms with van der Waals surface area (Å²) in [6.45, 7) is 5.48. The van der Waals surface area contributed by atoms with Crippen molar-refractivity contribution in [2.45, 2.75) is 25.9 Å². The van der Waals surface area contributed by atoms with Crippen LogP contribution in [0, 0.1) is 0 Å². The molecule has 0 fully saturated rings. The highest BCUT2D eigenvalue weighted by Gasteiger charge is 1.93. The summed E-state index contributed by atoms with van der Waals surface area (Å²) < 4.78 is 0. The van der Waals surface area contributed by atoms with E-state index in [4.69, 9.17) is 5.11 Å². The Morgan fingerprint density at radius 2 is 2.33 bits per heavy atom. The van der Waals surface area contributed by atoms with Crippen LogP contribution in [0.4, 0.5) is 0 Å². The van der Waals surface area contributed by atoms with Gasteiger partial charge in [-0.25, -0.2) is 0 Å². The molecule has 0 aromatic heterocycles. The summed E-state index contributed by atoms with van der Waals surface area (Å²) in [5.74, 6) is 0. The Kier molecular flexibility index (Phi) is 5.23. The van der Waals surface area contributed by atoms with Gasteiger partial charge >= 0.3 is 0 Å². The number of hydrogen-bond donors (Lipinski definition) is 1. The summed E-state index contributed by atoms with van der Waals surface area (Å²) in [4.78, 5) is 0. The summed E-state index contributed by atoms with van der Waals surface area (Å²) in [6, 6.07) is 0. The first-order valence-corrected chi connectivity index (χ1v) is 3.26. The third-order valence-electron chi connectivity index (χ3n) is 1.15. The smallest absolute Gasteiger partial charge is 0.0572 e. The quantitative estimate of drug-likeness (QED) is 0.570. The summed E-state index contributed by atoms with van der Waals surface area (Å²) in [6.07, 6.45) is 6.85.